The molecule has 248 valence electrons. The van der Waals surface area contributed by atoms with Gasteiger partial charge in [0.1, 0.15) is 11.5 Å². The maximum atomic E-state index is 12.7. The lowest BCUT2D eigenvalue weighted by molar-refractivity contribution is -0.138. The second-order valence-electron chi connectivity index (χ2n) is 10.4. The van der Waals surface area contributed by atoms with E-state index in [-0.39, 0.29) is 0 Å². The van der Waals surface area contributed by atoms with Crippen LogP contribution in [0.1, 0.15) is 63.1 Å². The average Bonchev–Trinajstić information content (AvgIpc) is 3.08. The second-order valence-corrected chi connectivity index (χ2v) is 10.4. The Hall–Kier alpha value is -5.06. The molecule has 0 atom stereocenters. The van der Waals surface area contributed by atoms with E-state index >= 15 is 0 Å². The molecule has 0 aliphatic carbocycles. The Kier molecular flexibility index (Phi) is 15.6. The van der Waals surface area contributed by atoms with E-state index in [9.17, 15) is 19.2 Å². The van der Waals surface area contributed by atoms with Gasteiger partial charge in [-0.1, -0.05) is 37.4 Å². The summed E-state index contributed by atoms with van der Waals surface area (Å²) < 4.78 is 32.2. The van der Waals surface area contributed by atoms with Crippen molar-refractivity contribution in [2.24, 2.45) is 0 Å². The van der Waals surface area contributed by atoms with Crippen LogP contribution >= 0.6 is 0 Å². The van der Waals surface area contributed by atoms with Gasteiger partial charge in [-0.05, 0) is 91.8 Å². The molecule has 10 heteroatoms. The van der Waals surface area contributed by atoms with Gasteiger partial charge in [-0.25, -0.2) is 19.2 Å². The fourth-order valence-electron chi connectivity index (χ4n) is 4.05. The molecule has 0 aromatic heterocycles. The van der Waals surface area contributed by atoms with E-state index in [0.717, 1.165) is 36.1 Å². The van der Waals surface area contributed by atoms with E-state index in [4.69, 9.17) is 28.4 Å². The van der Waals surface area contributed by atoms with E-state index in [1.807, 2.05) is 0 Å². The molecule has 0 amide bonds. The molecule has 47 heavy (non-hydrogen) atoms. The molecular formula is C37H40O10. The molecule has 0 spiro atoms. The van der Waals surface area contributed by atoms with E-state index in [2.05, 4.69) is 13.2 Å². The Balaban J connectivity index is 1.38. The van der Waals surface area contributed by atoms with Gasteiger partial charge in [-0.2, -0.15) is 0 Å². The number of aryl methyl sites for hydroxylation is 1. The first-order chi connectivity index (χ1) is 22.8. The van der Waals surface area contributed by atoms with E-state index in [1.165, 1.54) is 0 Å². The first-order valence-corrected chi connectivity index (χ1v) is 15.3. The average molecular weight is 645 g/mol. The van der Waals surface area contributed by atoms with Crippen LogP contribution < -0.4 is 9.47 Å². The van der Waals surface area contributed by atoms with E-state index in [1.54, 1.807) is 73.7 Å². The summed E-state index contributed by atoms with van der Waals surface area (Å²) in [6, 6.07) is 18.7. The van der Waals surface area contributed by atoms with Gasteiger partial charge in [0.05, 0.1) is 37.6 Å². The van der Waals surface area contributed by atoms with Crippen LogP contribution in [-0.2, 0) is 41.8 Å². The van der Waals surface area contributed by atoms with Crippen LogP contribution in [-0.4, -0.2) is 50.3 Å². The van der Waals surface area contributed by atoms with Gasteiger partial charge in [0.25, 0.3) is 0 Å². The number of unbranched alkanes of at least 4 members (excludes halogenated alkanes) is 2. The minimum absolute atomic E-state index is 0.320. The summed E-state index contributed by atoms with van der Waals surface area (Å²) in [4.78, 5) is 47.4. The minimum atomic E-state index is -0.520. The number of hydrogen-bond donors (Lipinski definition) is 0. The molecule has 3 aromatic rings. The fourth-order valence-corrected chi connectivity index (χ4v) is 4.05. The highest BCUT2D eigenvalue weighted by molar-refractivity contribution is 5.92. The number of esters is 4. The first-order valence-electron chi connectivity index (χ1n) is 15.3. The monoisotopic (exact) mass is 644 g/mol. The summed E-state index contributed by atoms with van der Waals surface area (Å²) in [6.45, 7) is 10.9. The fraction of sp³-hybridized carbons (Fsp3) is 0.297. The molecule has 0 unspecified atom stereocenters. The topological polar surface area (TPSA) is 124 Å². The zero-order valence-electron chi connectivity index (χ0n) is 26.6. The van der Waals surface area contributed by atoms with Gasteiger partial charge >= 0.3 is 23.9 Å². The van der Waals surface area contributed by atoms with Crippen molar-refractivity contribution in [1.82, 2.24) is 0 Å². The number of benzene rings is 3. The van der Waals surface area contributed by atoms with Crippen LogP contribution in [0.15, 0.2) is 92.0 Å². The predicted molar refractivity (Wildman–Crippen MR) is 174 cm³/mol. The molecule has 0 N–H and O–H groups in total. The Bertz CT molecular complexity index is 1490. The van der Waals surface area contributed by atoms with Crippen molar-refractivity contribution < 1.29 is 47.6 Å². The largest absolute Gasteiger partial charge is 0.463 e. The van der Waals surface area contributed by atoms with Gasteiger partial charge in [0, 0.05) is 25.4 Å². The summed E-state index contributed by atoms with van der Waals surface area (Å²) in [5.41, 5.74) is 3.20. The molecule has 0 bridgehead atoms. The molecule has 0 heterocycles. The van der Waals surface area contributed by atoms with E-state index < -0.39 is 23.9 Å². The van der Waals surface area contributed by atoms with Crippen molar-refractivity contribution in [2.45, 2.75) is 45.8 Å². The molecular weight excluding hydrogens is 604 g/mol. The second kappa shape index (κ2) is 20.1. The van der Waals surface area contributed by atoms with Crippen LogP contribution in [0.5, 0.6) is 11.5 Å². The normalized spacial score (nSPS) is 10.5. The van der Waals surface area contributed by atoms with Crippen LogP contribution in [0, 0.1) is 6.92 Å². The number of carbonyl (C=O) groups is 4. The Morgan fingerprint density at radius 2 is 1.04 bits per heavy atom. The van der Waals surface area contributed by atoms with Gasteiger partial charge in [-0.3, -0.25) is 0 Å². The van der Waals surface area contributed by atoms with Crippen molar-refractivity contribution in [2.75, 3.05) is 26.4 Å². The highest BCUT2D eigenvalue weighted by atomic mass is 16.5. The number of rotatable bonds is 20. The van der Waals surface area contributed by atoms with Gasteiger partial charge in [-0.15, -0.1) is 0 Å². The molecule has 0 fully saturated rings. The third kappa shape index (κ3) is 13.4. The lowest BCUT2D eigenvalue weighted by atomic mass is 10.1. The van der Waals surface area contributed by atoms with Gasteiger partial charge in [0.2, 0.25) is 0 Å². The van der Waals surface area contributed by atoms with Gasteiger partial charge < -0.3 is 28.4 Å². The highest BCUT2D eigenvalue weighted by Gasteiger charge is 2.14. The smallest absolute Gasteiger partial charge is 0.343 e. The van der Waals surface area contributed by atoms with E-state index in [0.29, 0.717) is 80.7 Å². The lowest BCUT2D eigenvalue weighted by Gasteiger charge is -2.11. The van der Waals surface area contributed by atoms with Crippen molar-refractivity contribution in [1.29, 1.82) is 0 Å². The lowest BCUT2D eigenvalue weighted by Crippen LogP contribution is -2.11. The Morgan fingerprint density at radius 3 is 1.49 bits per heavy atom. The first kappa shape index (κ1) is 36.4. The molecule has 10 nitrogen and oxygen atoms in total. The summed E-state index contributed by atoms with van der Waals surface area (Å²) in [5, 5.41) is 0. The Morgan fingerprint density at radius 1 is 0.596 bits per heavy atom. The van der Waals surface area contributed by atoms with Crippen molar-refractivity contribution in [3.05, 3.63) is 120 Å². The van der Waals surface area contributed by atoms with Crippen molar-refractivity contribution in [3.63, 3.8) is 0 Å². The summed E-state index contributed by atoms with van der Waals surface area (Å²) in [7, 11) is 0. The maximum Gasteiger partial charge on any atom is 0.343 e. The van der Waals surface area contributed by atoms with Gasteiger partial charge in [0.15, 0.2) is 0 Å². The number of ether oxygens (including phenoxy) is 6. The standard InChI is InChI=1S/C37H40O10/c1-4-34(38)44-22-8-6-20-42-25-28-10-14-30(15-11-28)36(40)46-32-18-19-33(27(3)24-32)47-37(41)31-16-12-29(13-17-31)26-43-21-7-9-23-45-35(39)5-2/h4-5,10-19,24H,1-2,6-9,20-23,25-26H2,3H3. The Labute approximate surface area is 274 Å². The molecule has 0 saturated carbocycles. The SMILES string of the molecule is C=CC(=O)OCCCCOCc1ccc(C(=O)Oc2ccc(OC(=O)c3ccc(COCCCCOC(=O)C=C)cc3)c(C)c2)cc1. The third-order valence-corrected chi connectivity index (χ3v) is 6.66. The molecule has 3 rings (SSSR count). The van der Waals surface area contributed by atoms with Crippen molar-refractivity contribution in [3.8, 4) is 11.5 Å². The number of hydrogen-bond acceptors (Lipinski definition) is 10. The molecule has 0 aliphatic heterocycles. The zero-order chi connectivity index (χ0) is 33.9. The zero-order valence-corrected chi connectivity index (χ0v) is 26.6. The molecule has 0 aliphatic rings. The molecule has 3 aromatic carbocycles. The minimum Gasteiger partial charge on any atom is -0.463 e. The third-order valence-electron chi connectivity index (χ3n) is 6.66. The van der Waals surface area contributed by atoms with Crippen LogP contribution in [0.25, 0.3) is 0 Å². The summed E-state index contributed by atoms with van der Waals surface area (Å²) in [6.07, 6.45) is 5.15. The predicted octanol–water partition coefficient (Wildman–Crippen LogP) is 6.49. The maximum absolute atomic E-state index is 12.7. The summed E-state index contributed by atoms with van der Waals surface area (Å²) in [5.74, 6) is -1.23. The highest BCUT2D eigenvalue weighted by Crippen LogP contribution is 2.25. The van der Waals surface area contributed by atoms with Crippen molar-refractivity contribution >= 4 is 23.9 Å². The summed E-state index contributed by atoms with van der Waals surface area (Å²) >= 11 is 0. The molecule has 0 saturated heterocycles. The van der Waals surface area contributed by atoms with Crippen LogP contribution in [0.4, 0.5) is 0 Å². The van der Waals surface area contributed by atoms with Crippen LogP contribution in [0.2, 0.25) is 0 Å². The molecule has 0 radical (unpaired) electrons. The quantitative estimate of drug-likeness (QED) is 0.0584. The number of carbonyl (C=O) groups excluding carboxylic acids is 4. The van der Waals surface area contributed by atoms with Crippen LogP contribution in [0.3, 0.4) is 0 Å².